The average Bonchev–Trinajstić information content (AvgIpc) is 3.65. The lowest BCUT2D eigenvalue weighted by Gasteiger charge is -2.32. The number of nitrogens with two attached hydrogens (primary N) is 1. The van der Waals surface area contributed by atoms with E-state index in [2.05, 4.69) is 29.0 Å². The van der Waals surface area contributed by atoms with E-state index in [-0.39, 0.29) is 28.0 Å². The Kier molecular flexibility index (Phi) is 4.32. The number of aromatic hydroxyl groups is 1. The van der Waals surface area contributed by atoms with Crippen molar-refractivity contribution < 1.29 is 24.5 Å². The van der Waals surface area contributed by atoms with Gasteiger partial charge >= 0.3 is 0 Å². The molecule has 0 aromatic heterocycles. The molecule has 0 radical (unpaired) electrons. The molecule has 1 unspecified atom stereocenters. The van der Waals surface area contributed by atoms with Crippen LogP contribution in [-0.4, -0.2) is 40.0 Å². The van der Waals surface area contributed by atoms with Crippen LogP contribution >= 0.6 is 0 Å². The lowest BCUT2D eigenvalue weighted by molar-refractivity contribution is 0.0976. The predicted molar refractivity (Wildman–Crippen MR) is 136 cm³/mol. The SMILES string of the molecule is Cc1cc2cc3c(cc2cc1CN)C(=O)c1c2c(cc(O)c1C3=O)[C@@]13OC1[C@H](C#C/C=C\C#C[C@H]3O)N2. The number of phenols is 1. The van der Waals surface area contributed by atoms with Gasteiger partial charge in [0.05, 0.1) is 16.8 Å². The number of aliphatic hydroxyl groups excluding tert-OH is 1. The summed E-state index contributed by atoms with van der Waals surface area (Å²) in [6, 6.07) is 8.11. The number of nitrogens with one attached hydrogen (secondary N) is 1. The van der Waals surface area contributed by atoms with Gasteiger partial charge in [0.15, 0.2) is 23.3 Å². The van der Waals surface area contributed by atoms with E-state index in [0.29, 0.717) is 17.8 Å². The first kappa shape index (κ1) is 21.8. The van der Waals surface area contributed by atoms with Crippen molar-refractivity contribution >= 4 is 28.0 Å². The van der Waals surface area contributed by atoms with Crippen molar-refractivity contribution in [3.05, 3.63) is 81.4 Å². The molecule has 3 aromatic carbocycles. The number of ketones is 2. The van der Waals surface area contributed by atoms with Crippen molar-refractivity contribution in [1.82, 2.24) is 0 Å². The number of benzene rings is 3. The third-order valence-corrected chi connectivity index (χ3v) is 7.73. The zero-order valence-corrected chi connectivity index (χ0v) is 19.7. The number of carbonyl (C=O) groups is 2. The van der Waals surface area contributed by atoms with Crippen LogP contribution in [0.2, 0.25) is 0 Å². The number of carbonyl (C=O) groups excluding carboxylic acids is 2. The van der Waals surface area contributed by atoms with Crippen molar-refractivity contribution in [2.75, 3.05) is 5.32 Å². The molecule has 0 spiro atoms. The van der Waals surface area contributed by atoms with Gasteiger partial charge in [-0.2, -0.15) is 0 Å². The molecule has 2 heterocycles. The van der Waals surface area contributed by atoms with Crippen molar-refractivity contribution in [3.8, 4) is 29.4 Å². The predicted octanol–water partition coefficient (Wildman–Crippen LogP) is 2.41. The molecule has 1 saturated heterocycles. The minimum absolute atomic E-state index is 0.0471. The van der Waals surface area contributed by atoms with E-state index in [1.807, 2.05) is 19.1 Å². The lowest BCUT2D eigenvalue weighted by Crippen LogP contribution is -2.42. The Morgan fingerprint density at radius 3 is 2.41 bits per heavy atom. The summed E-state index contributed by atoms with van der Waals surface area (Å²) in [4.78, 5) is 27.8. The van der Waals surface area contributed by atoms with Gasteiger partial charge in [0.25, 0.3) is 0 Å². The Balaban J connectivity index is 1.48. The van der Waals surface area contributed by atoms with Crippen molar-refractivity contribution in [3.63, 3.8) is 0 Å². The van der Waals surface area contributed by atoms with Gasteiger partial charge in [0, 0.05) is 23.2 Å². The maximum absolute atomic E-state index is 14.0. The first-order valence-electron chi connectivity index (χ1n) is 11.9. The smallest absolute Gasteiger partial charge is 0.198 e. The Bertz CT molecular complexity index is 1780. The number of ether oxygens (including phenoxy) is 1. The fraction of sp³-hybridized carbons (Fsp3) is 0.200. The highest BCUT2D eigenvalue weighted by molar-refractivity contribution is 6.32. The highest BCUT2D eigenvalue weighted by Gasteiger charge is 2.69. The van der Waals surface area contributed by atoms with Gasteiger partial charge in [-0.1, -0.05) is 29.7 Å². The van der Waals surface area contributed by atoms with Gasteiger partial charge in [0.1, 0.15) is 17.9 Å². The molecule has 3 aromatic rings. The fourth-order valence-corrected chi connectivity index (χ4v) is 5.83. The Labute approximate surface area is 211 Å². The van der Waals surface area contributed by atoms with Crippen LogP contribution in [0.5, 0.6) is 5.75 Å². The number of phenolic OH excluding ortho intramolecular Hbond substituents is 1. The molecule has 2 bridgehead atoms. The highest BCUT2D eigenvalue weighted by atomic mass is 16.6. The number of rotatable bonds is 1. The summed E-state index contributed by atoms with van der Waals surface area (Å²) >= 11 is 0. The molecule has 4 atom stereocenters. The number of hydrogen-bond acceptors (Lipinski definition) is 7. The summed E-state index contributed by atoms with van der Waals surface area (Å²) in [5, 5.41) is 26.9. The van der Waals surface area contributed by atoms with Crippen molar-refractivity contribution in [2.24, 2.45) is 5.73 Å². The van der Waals surface area contributed by atoms with Gasteiger partial charge in [0.2, 0.25) is 0 Å². The molecule has 2 aliphatic heterocycles. The first-order chi connectivity index (χ1) is 17.8. The van der Waals surface area contributed by atoms with Gasteiger partial charge in [-0.3, -0.25) is 9.59 Å². The van der Waals surface area contributed by atoms with Crippen LogP contribution < -0.4 is 11.1 Å². The summed E-state index contributed by atoms with van der Waals surface area (Å²) in [5.74, 6) is 10.3. The molecule has 0 amide bonds. The van der Waals surface area contributed by atoms with E-state index in [4.69, 9.17) is 10.5 Å². The second kappa shape index (κ2) is 7.32. The monoisotopic (exact) mass is 488 g/mol. The summed E-state index contributed by atoms with van der Waals surface area (Å²) in [6.45, 7) is 2.30. The largest absolute Gasteiger partial charge is 0.507 e. The van der Waals surface area contributed by atoms with E-state index >= 15 is 0 Å². The second-order valence-corrected chi connectivity index (χ2v) is 9.72. The normalized spacial score (nSPS) is 26.7. The number of anilines is 1. The first-order valence-corrected chi connectivity index (χ1v) is 11.9. The van der Waals surface area contributed by atoms with Gasteiger partial charge < -0.3 is 26.0 Å². The molecule has 37 heavy (non-hydrogen) atoms. The van der Waals surface area contributed by atoms with E-state index in [1.54, 1.807) is 18.2 Å². The molecule has 180 valence electrons. The molecule has 0 saturated carbocycles. The average molecular weight is 488 g/mol. The third kappa shape index (κ3) is 2.79. The summed E-state index contributed by atoms with van der Waals surface area (Å²) in [5.41, 5.74) is 7.70. The fourth-order valence-electron chi connectivity index (χ4n) is 5.83. The number of fused-ring (bicyclic) bond motifs is 5. The van der Waals surface area contributed by atoms with Crippen LogP contribution in [0.4, 0.5) is 5.69 Å². The Morgan fingerprint density at radius 1 is 1.00 bits per heavy atom. The summed E-state index contributed by atoms with van der Waals surface area (Å²) in [7, 11) is 0. The van der Waals surface area contributed by atoms with E-state index in [0.717, 1.165) is 21.9 Å². The van der Waals surface area contributed by atoms with Gasteiger partial charge in [-0.05, 0) is 65.2 Å². The van der Waals surface area contributed by atoms with Crippen LogP contribution in [-0.2, 0) is 16.9 Å². The molecule has 5 N–H and O–H groups in total. The van der Waals surface area contributed by atoms with Crippen LogP contribution in [0.15, 0.2) is 42.5 Å². The Hall–Kier alpha value is -4.40. The third-order valence-electron chi connectivity index (χ3n) is 7.73. The van der Waals surface area contributed by atoms with Crippen LogP contribution in [0.1, 0.15) is 48.5 Å². The molecule has 7 nitrogen and oxygen atoms in total. The van der Waals surface area contributed by atoms with E-state index < -0.39 is 35.4 Å². The topological polar surface area (TPSA) is 125 Å². The summed E-state index contributed by atoms with van der Waals surface area (Å²) < 4.78 is 6.01. The highest BCUT2D eigenvalue weighted by Crippen LogP contribution is 2.59. The minimum Gasteiger partial charge on any atom is -0.507 e. The molecule has 4 aliphatic rings. The lowest BCUT2D eigenvalue weighted by atomic mass is 9.75. The van der Waals surface area contributed by atoms with Gasteiger partial charge in [-0.25, -0.2) is 0 Å². The molecular weight excluding hydrogens is 468 g/mol. The zero-order valence-electron chi connectivity index (χ0n) is 19.7. The Morgan fingerprint density at radius 2 is 1.68 bits per heavy atom. The second-order valence-electron chi connectivity index (χ2n) is 9.72. The molecule has 7 rings (SSSR count). The maximum atomic E-state index is 14.0. The molecule has 7 heteroatoms. The van der Waals surface area contributed by atoms with Crippen LogP contribution in [0, 0.1) is 30.6 Å². The minimum atomic E-state index is -1.27. The number of epoxide rings is 1. The van der Waals surface area contributed by atoms with Crippen molar-refractivity contribution in [2.45, 2.75) is 37.3 Å². The maximum Gasteiger partial charge on any atom is 0.198 e. The van der Waals surface area contributed by atoms with E-state index in [1.165, 1.54) is 12.1 Å². The van der Waals surface area contributed by atoms with E-state index in [9.17, 15) is 19.8 Å². The van der Waals surface area contributed by atoms with Gasteiger partial charge in [-0.15, -0.1) is 0 Å². The zero-order chi connectivity index (χ0) is 25.6. The molecular formula is C30H20N2O5. The van der Waals surface area contributed by atoms with Crippen LogP contribution in [0.3, 0.4) is 0 Å². The number of allylic oxidation sites excluding steroid dienone is 2. The van der Waals surface area contributed by atoms with Crippen molar-refractivity contribution in [1.29, 1.82) is 0 Å². The number of aliphatic hydroxyl groups is 1. The summed E-state index contributed by atoms with van der Waals surface area (Å²) in [6.07, 6.45) is 1.35. The number of aryl methyl sites for hydroxylation is 1. The standard InChI is InChI=1S/C30H20N2O5/c1-14-8-15-10-18-19(11-16(15)9-17(14)13-31)28(36)25-24(27(18)35)22(33)12-20-26(25)32-21-6-4-2-3-5-7-23(34)30(20)29(21)37-30/h2-3,8-12,21,23,29,32-34H,13,31H2,1H3/b3-2-/t21-,23+,29?,30-/m0/s1. The van der Waals surface area contributed by atoms with Crippen LogP contribution in [0.25, 0.3) is 10.8 Å². The number of hydrogen-bond donors (Lipinski definition) is 4. The molecule has 2 aliphatic carbocycles. The quantitative estimate of drug-likeness (QED) is 0.184. The molecule has 1 fully saturated rings.